The maximum Gasteiger partial charge on any atom is 0.258 e. The van der Waals surface area contributed by atoms with Crippen LogP contribution in [0.3, 0.4) is 0 Å². The minimum absolute atomic E-state index is 0.0533. The predicted octanol–water partition coefficient (Wildman–Crippen LogP) is 3.34. The van der Waals surface area contributed by atoms with Crippen LogP contribution in [-0.2, 0) is 6.42 Å². The summed E-state index contributed by atoms with van der Waals surface area (Å²) in [5, 5.41) is 0. The van der Waals surface area contributed by atoms with E-state index in [2.05, 4.69) is 0 Å². The van der Waals surface area contributed by atoms with Gasteiger partial charge in [0.25, 0.3) is 5.91 Å². The Morgan fingerprint density at radius 1 is 1.21 bits per heavy atom. The van der Waals surface area contributed by atoms with Crippen LogP contribution in [-0.4, -0.2) is 12.5 Å². The molecule has 0 aliphatic carbocycles. The molecule has 0 fully saturated rings. The highest BCUT2D eigenvalue weighted by molar-refractivity contribution is 6.08. The van der Waals surface area contributed by atoms with Crippen LogP contribution in [0.5, 0.6) is 0 Å². The van der Waals surface area contributed by atoms with Crippen molar-refractivity contribution in [1.29, 1.82) is 0 Å². The third-order valence-corrected chi connectivity index (χ3v) is 3.55. The Bertz CT molecular complexity index is 651. The van der Waals surface area contributed by atoms with Gasteiger partial charge in [0, 0.05) is 17.8 Å². The molecule has 1 aliphatic heterocycles. The number of hydrogen-bond acceptors (Lipinski definition) is 1. The number of fused-ring (bicyclic) bond motifs is 1. The van der Waals surface area contributed by atoms with Crippen molar-refractivity contribution in [2.24, 2.45) is 0 Å². The molecule has 0 radical (unpaired) electrons. The van der Waals surface area contributed by atoms with Gasteiger partial charge in [-0.05, 0) is 48.7 Å². The summed E-state index contributed by atoms with van der Waals surface area (Å²) in [5.74, 6) is -0.363. The monoisotopic (exact) mass is 255 g/mol. The van der Waals surface area contributed by atoms with E-state index in [1.807, 2.05) is 24.3 Å². The molecular weight excluding hydrogens is 241 g/mol. The van der Waals surface area contributed by atoms with Crippen molar-refractivity contribution < 1.29 is 9.18 Å². The van der Waals surface area contributed by atoms with Crippen LogP contribution in [0.25, 0.3) is 0 Å². The number of carbonyl (C=O) groups excluding carboxylic acids is 1. The second-order valence-electron chi connectivity index (χ2n) is 4.79. The largest absolute Gasteiger partial charge is 0.308 e. The summed E-state index contributed by atoms with van der Waals surface area (Å²) in [5.41, 5.74) is 3.40. The number of hydrogen-bond donors (Lipinski definition) is 0. The quantitative estimate of drug-likeness (QED) is 0.765. The number of carbonyl (C=O) groups is 1. The number of aryl methyl sites for hydroxylation is 1. The minimum atomic E-state index is -0.309. The van der Waals surface area contributed by atoms with Crippen LogP contribution in [0.1, 0.15) is 21.5 Å². The van der Waals surface area contributed by atoms with Crippen molar-refractivity contribution in [3.8, 4) is 0 Å². The molecule has 1 aliphatic rings. The lowest BCUT2D eigenvalue weighted by atomic mass is 10.1. The maximum absolute atomic E-state index is 13.1. The zero-order valence-corrected chi connectivity index (χ0v) is 10.7. The summed E-state index contributed by atoms with van der Waals surface area (Å²) in [6, 6.07) is 12.2. The van der Waals surface area contributed by atoms with Crippen LogP contribution >= 0.6 is 0 Å². The SMILES string of the molecule is Cc1cc(F)ccc1C(=O)N1CCc2ccccc21. The molecule has 0 bridgehead atoms. The van der Waals surface area contributed by atoms with Crippen LogP contribution < -0.4 is 4.90 Å². The maximum atomic E-state index is 13.1. The zero-order chi connectivity index (χ0) is 13.4. The lowest BCUT2D eigenvalue weighted by Crippen LogP contribution is -2.29. The standard InChI is InChI=1S/C16H14FNO/c1-11-10-13(17)6-7-14(11)16(19)18-9-8-12-4-2-3-5-15(12)18/h2-7,10H,8-9H2,1H3. The summed E-state index contributed by atoms with van der Waals surface area (Å²) in [4.78, 5) is 14.3. The Morgan fingerprint density at radius 2 is 2.00 bits per heavy atom. The van der Waals surface area contributed by atoms with Crippen LogP contribution in [0.2, 0.25) is 0 Å². The Balaban J connectivity index is 1.98. The van der Waals surface area contributed by atoms with Crippen molar-refractivity contribution in [2.75, 3.05) is 11.4 Å². The average molecular weight is 255 g/mol. The fraction of sp³-hybridized carbons (Fsp3) is 0.188. The van der Waals surface area contributed by atoms with Crippen molar-refractivity contribution in [3.05, 3.63) is 65.0 Å². The van der Waals surface area contributed by atoms with Gasteiger partial charge in [0.05, 0.1) is 0 Å². The molecule has 0 N–H and O–H groups in total. The summed E-state index contributed by atoms with van der Waals surface area (Å²) < 4.78 is 13.1. The number of benzene rings is 2. The number of halogens is 1. The summed E-state index contributed by atoms with van der Waals surface area (Å²) in [7, 11) is 0. The van der Waals surface area contributed by atoms with Gasteiger partial charge < -0.3 is 4.90 Å². The van der Waals surface area contributed by atoms with Crippen LogP contribution in [0.4, 0.5) is 10.1 Å². The lowest BCUT2D eigenvalue weighted by molar-refractivity contribution is 0.0989. The molecule has 2 aromatic rings. The van der Waals surface area contributed by atoms with Crippen molar-refractivity contribution in [1.82, 2.24) is 0 Å². The summed E-state index contributed by atoms with van der Waals surface area (Å²) >= 11 is 0. The van der Waals surface area contributed by atoms with E-state index in [1.54, 1.807) is 17.9 Å². The normalized spacial score (nSPS) is 13.5. The van der Waals surface area contributed by atoms with Crippen molar-refractivity contribution >= 4 is 11.6 Å². The Labute approximate surface area is 111 Å². The molecule has 0 atom stereocenters. The van der Waals surface area contributed by atoms with Gasteiger partial charge >= 0.3 is 0 Å². The summed E-state index contributed by atoms with van der Waals surface area (Å²) in [6.45, 7) is 2.45. The average Bonchev–Trinajstić information content (AvgIpc) is 2.82. The first-order chi connectivity index (χ1) is 9.16. The highest BCUT2D eigenvalue weighted by Gasteiger charge is 2.25. The molecular formula is C16H14FNO. The number of para-hydroxylation sites is 1. The zero-order valence-electron chi connectivity index (χ0n) is 10.7. The molecule has 0 saturated carbocycles. The molecule has 1 heterocycles. The minimum Gasteiger partial charge on any atom is -0.308 e. The van der Waals surface area contributed by atoms with E-state index < -0.39 is 0 Å². The number of amides is 1. The fourth-order valence-corrected chi connectivity index (χ4v) is 2.56. The van der Waals surface area contributed by atoms with Crippen molar-refractivity contribution in [3.63, 3.8) is 0 Å². The fourth-order valence-electron chi connectivity index (χ4n) is 2.56. The molecule has 0 spiro atoms. The second-order valence-corrected chi connectivity index (χ2v) is 4.79. The van der Waals surface area contributed by atoms with Gasteiger partial charge in [-0.25, -0.2) is 4.39 Å². The van der Waals surface area contributed by atoms with E-state index >= 15 is 0 Å². The highest BCUT2D eigenvalue weighted by Crippen LogP contribution is 2.29. The first kappa shape index (κ1) is 11.9. The van der Waals surface area contributed by atoms with Crippen molar-refractivity contribution in [2.45, 2.75) is 13.3 Å². The van der Waals surface area contributed by atoms with Gasteiger partial charge in [0.15, 0.2) is 0 Å². The van der Waals surface area contributed by atoms with Gasteiger partial charge in [0.2, 0.25) is 0 Å². The van der Waals surface area contributed by atoms with Gasteiger partial charge in [-0.3, -0.25) is 4.79 Å². The van der Waals surface area contributed by atoms with Crippen LogP contribution in [0.15, 0.2) is 42.5 Å². The topological polar surface area (TPSA) is 20.3 Å². The summed E-state index contributed by atoms with van der Waals surface area (Å²) in [6.07, 6.45) is 0.877. The van der Waals surface area contributed by atoms with Gasteiger partial charge in [0.1, 0.15) is 5.82 Å². The molecule has 3 heteroatoms. The lowest BCUT2D eigenvalue weighted by Gasteiger charge is -2.18. The molecule has 0 aromatic heterocycles. The molecule has 2 nitrogen and oxygen atoms in total. The number of anilines is 1. The van der Waals surface area contributed by atoms with E-state index in [1.165, 1.54) is 17.7 Å². The van der Waals surface area contributed by atoms with Gasteiger partial charge in [-0.15, -0.1) is 0 Å². The highest BCUT2D eigenvalue weighted by atomic mass is 19.1. The van der Waals surface area contributed by atoms with Gasteiger partial charge in [-0.2, -0.15) is 0 Å². The van der Waals surface area contributed by atoms with E-state index in [-0.39, 0.29) is 11.7 Å². The molecule has 0 unspecified atom stereocenters. The first-order valence-corrected chi connectivity index (χ1v) is 6.33. The molecule has 19 heavy (non-hydrogen) atoms. The van der Waals surface area contributed by atoms with E-state index in [4.69, 9.17) is 0 Å². The molecule has 3 rings (SSSR count). The smallest absolute Gasteiger partial charge is 0.258 e. The van der Waals surface area contributed by atoms with Gasteiger partial charge in [-0.1, -0.05) is 18.2 Å². The molecule has 1 amide bonds. The Morgan fingerprint density at radius 3 is 2.79 bits per heavy atom. The Kier molecular flexibility index (Phi) is 2.82. The van der Waals surface area contributed by atoms with E-state index in [0.29, 0.717) is 17.7 Å². The first-order valence-electron chi connectivity index (χ1n) is 6.33. The third kappa shape index (κ3) is 2.01. The molecule has 0 saturated heterocycles. The molecule has 2 aromatic carbocycles. The predicted molar refractivity (Wildman–Crippen MR) is 73.0 cm³/mol. The van der Waals surface area contributed by atoms with Crippen LogP contribution in [0, 0.1) is 12.7 Å². The second kappa shape index (κ2) is 4.50. The number of rotatable bonds is 1. The third-order valence-electron chi connectivity index (χ3n) is 3.55. The number of nitrogens with zero attached hydrogens (tertiary/aromatic N) is 1. The molecule has 96 valence electrons. The van der Waals surface area contributed by atoms with E-state index in [9.17, 15) is 9.18 Å². The van der Waals surface area contributed by atoms with E-state index in [0.717, 1.165) is 12.1 Å². The Hall–Kier alpha value is -2.16.